The molecule has 5 N–H and O–H groups in total. The molecule has 0 aromatic heterocycles. The summed E-state index contributed by atoms with van der Waals surface area (Å²) in [6.45, 7) is 1.67. The largest absolute Gasteiger partial charge is 0.399 e. The molecule has 0 fully saturated rings. The lowest BCUT2D eigenvalue weighted by Crippen LogP contribution is -2.22. The van der Waals surface area contributed by atoms with Crippen molar-refractivity contribution < 1.29 is 5.11 Å². The van der Waals surface area contributed by atoms with Crippen molar-refractivity contribution in [2.24, 2.45) is 5.73 Å². The molecule has 0 aliphatic rings. The summed E-state index contributed by atoms with van der Waals surface area (Å²) in [4.78, 5) is 0. The molecular formula is C9H14N2O. The van der Waals surface area contributed by atoms with Crippen LogP contribution in [0.1, 0.15) is 18.5 Å². The Morgan fingerprint density at radius 1 is 1.25 bits per heavy atom. The van der Waals surface area contributed by atoms with E-state index >= 15 is 0 Å². The van der Waals surface area contributed by atoms with Crippen LogP contribution in [0.25, 0.3) is 0 Å². The van der Waals surface area contributed by atoms with Crippen molar-refractivity contribution in [1.29, 1.82) is 0 Å². The number of aliphatic hydroxyl groups is 1. The standard InChI is InChI=1S/C9H14N2O/c1-6(12)9(11)7-2-4-8(10)5-3-7/h2-6,9,12H,10-11H2,1H3/t6?,9-/m1/s1. The van der Waals surface area contributed by atoms with Gasteiger partial charge in [-0.25, -0.2) is 0 Å². The number of nitrogen functional groups attached to an aromatic ring is 1. The molecule has 0 aliphatic heterocycles. The summed E-state index contributed by atoms with van der Waals surface area (Å²) in [5.41, 5.74) is 12.8. The molecule has 0 heterocycles. The van der Waals surface area contributed by atoms with Crippen LogP contribution < -0.4 is 11.5 Å². The third-order valence-corrected chi connectivity index (χ3v) is 1.84. The minimum absolute atomic E-state index is 0.328. The van der Waals surface area contributed by atoms with Gasteiger partial charge in [-0.3, -0.25) is 0 Å². The highest BCUT2D eigenvalue weighted by molar-refractivity contribution is 5.40. The first kappa shape index (κ1) is 9.03. The first-order valence-corrected chi connectivity index (χ1v) is 3.90. The average Bonchev–Trinajstić information content (AvgIpc) is 2.04. The van der Waals surface area contributed by atoms with Crippen LogP contribution in [0.15, 0.2) is 24.3 Å². The van der Waals surface area contributed by atoms with Gasteiger partial charge < -0.3 is 16.6 Å². The SMILES string of the molecule is CC(O)[C@@H](N)c1ccc(N)cc1. The molecule has 0 aliphatic carbocycles. The van der Waals surface area contributed by atoms with Crippen LogP contribution in [0.5, 0.6) is 0 Å². The second-order valence-corrected chi connectivity index (χ2v) is 2.93. The number of hydrogen-bond acceptors (Lipinski definition) is 3. The third kappa shape index (κ3) is 1.96. The molecule has 12 heavy (non-hydrogen) atoms. The molecule has 0 saturated heterocycles. The Labute approximate surface area is 72.0 Å². The summed E-state index contributed by atoms with van der Waals surface area (Å²) < 4.78 is 0. The molecule has 2 atom stereocenters. The summed E-state index contributed by atoms with van der Waals surface area (Å²) in [6, 6.07) is 6.87. The maximum atomic E-state index is 9.19. The van der Waals surface area contributed by atoms with Crippen molar-refractivity contribution in [3.63, 3.8) is 0 Å². The van der Waals surface area contributed by atoms with Gasteiger partial charge in [0.2, 0.25) is 0 Å². The molecule has 0 amide bonds. The predicted octanol–water partition coefficient (Wildman–Crippen LogP) is 0.649. The van der Waals surface area contributed by atoms with Crippen molar-refractivity contribution >= 4 is 5.69 Å². The van der Waals surface area contributed by atoms with E-state index in [-0.39, 0.29) is 6.04 Å². The molecule has 1 aromatic rings. The van der Waals surface area contributed by atoms with Crippen LogP contribution in [0.2, 0.25) is 0 Å². The fourth-order valence-electron chi connectivity index (χ4n) is 0.997. The molecule has 0 spiro atoms. The highest BCUT2D eigenvalue weighted by Gasteiger charge is 2.10. The number of benzene rings is 1. The van der Waals surface area contributed by atoms with Crippen molar-refractivity contribution in [3.05, 3.63) is 29.8 Å². The van der Waals surface area contributed by atoms with E-state index in [0.29, 0.717) is 5.69 Å². The zero-order valence-corrected chi connectivity index (χ0v) is 7.07. The molecule has 3 nitrogen and oxygen atoms in total. The van der Waals surface area contributed by atoms with Gasteiger partial charge in [-0.15, -0.1) is 0 Å². The van der Waals surface area contributed by atoms with Gasteiger partial charge in [0.1, 0.15) is 0 Å². The second kappa shape index (κ2) is 3.56. The van der Waals surface area contributed by atoms with Crippen LogP contribution in [0.4, 0.5) is 5.69 Å². The highest BCUT2D eigenvalue weighted by Crippen LogP contribution is 2.15. The van der Waals surface area contributed by atoms with Gasteiger partial charge in [0.15, 0.2) is 0 Å². The third-order valence-electron chi connectivity index (χ3n) is 1.84. The predicted molar refractivity (Wildman–Crippen MR) is 49.5 cm³/mol. The van der Waals surface area contributed by atoms with Gasteiger partial charge >= 0.3 is 0 Å². The van der Waals surface area contributed by atoms with Crippen LogP contribution in [0.3, 0.4) is 0 Å². The van der Waals surface area contributed by atoms with Crippen LogP contribution in [-0.4, -0.2) is 11.2 Å². The molecule has 66 valence electrons. The fourth-order valence-corrected chi connectivity index (χ4v) is 0.997. The molecule has 1 unspecified atom stereocenters. The monoisotopic (exact) mass is 166 g/mol. The topological polar surface area (TPSA) is 72.3 Å². The van der Waals surface area contributed by atoms with Gasteiger partial charge in [0.05, 0.1) is 12.1 Å². The number of anilines is 1. The van der Waals surface area contributed by atoms with Gasteiger partial charge in [0.25, 0.3) is 0 Å². The van der Waals surface area contributed by atoms with Crippen LogP contribution in [0, 0.1) is 0 Å². The minimum atomic E-state index is -0.534. The molecular weight excluding hydrogens is 152 g/mol. The Morgan fingerprint density at radius 3 is 2.17 bits per heavy atom. The van der Waals surface area contributed by atoms with E-state index in [2.05, 4.69) is 0 Å². The zero-order chi connectivity index (χ0) is 9.14. The van der Waals surface area contributed by atoms with E-state index in [1.165, 1.54) is 0 Å². The maximum absolute atomic E-state index is 9.19. The first-order chi connectivity index (χ1) is 5.61. The summed E-state index contributed by atoms with van der Waals surface area (Å²) in [5.74, 6) is 0. The summed E-state index contributed by atoms with van der Waals surface area (Å²) >= 11 is 0. The molecule has 0 radical (unpaired) electrons. The smallest absolute Gasteiger partial charge is 0.0704 e. The number of aliphatic hydroxyl groups excluding tert-OH is 1. The van der Waals surface area contributed by atoms with Crippen LogP contribution in [-0.2, 0) is 0 Å². The van der Waals surface area contributed by atoms with Crippen LogP contribution >= 0.6 is 0 Å². The zero-order valence-electron chi connectivity index (χ0n) is 7.07. The number of nitrogens with two attached hydrogens (primary N) is 2. The van der Waals surface area contributed by atoms with E-state index in [9.17, 15) is 5.11 Å². The molecule has 0 saturated carbocycles. The van der Waals surface area contributed by atoms with E-state index in [0.717, 1.165) is 5.56 Å². The Morgan fingerprint density at radius 2 is 1.75 bits per heavy atom. The molecule has 1 rings (SSSR count). The molecule has 1 aromatic carbocycles. The lowest BCUT2D eigenvalue weighted by Gasteiger charge is -2.14. The molecule has 0 bridgehead atoms. The lowest BCUT2D eigenvalue weighted by molar-refractivity contribution is 0.164. The summed E-state index contributed by atoms with van der Waals surface area (Å²) in [6.07, 6.45) is -0.534. The number of rotatable bonds is 2. The maximum Gasteiger partial charge on any atom is 0.0704 e. The Bertz CT molecular complexity index is 243. The lowest BCUT2D eigenvalue weighted by atomic mass is 10.0. The van der Waals surface area contributed by atoms with E-state index in [1.54, 1.807) is 19.1 Å². The van der Waals surface area contributed by atoms with Crippen molar-refractivity contribution in [1.82, 2.24) is 0 Å². The van der Waals surface area contributed by atoms with Gasteiger partial charge in [-0.2, -0.15) is 0 Å². The van der Waals surface area contributed by atoms with Crippen molar-refractivity contribution in [3.8, 4) is 0 Å². The Kier molecular flexibility index (Phi) is 2.68. The van der Waals surface area contributed by atoms with Gasteiger partial charge in [-0.05, 0) is 24.6 Å². The van der Waals surface area contributed by atoms with Gasteiger partial charge in [-0.1, -0.05) is 12.1 Å². The Balaban J connectivity index is 2.82. The van der Waals surface area contributed by atoms with Crippen molar-refractivity contribution in [2.45, 2.75) is 19.1 Å². The quantitative estimate of drug-likeness (QED) is 0.565. The highest BCUT2D eigenvalue weighted by atomic mass is 16.3. The van der Waals surface area contributed by atoms with Crippen molar-refractivity contribution in [2.75, 3.05) is 5.73 Å². The van der Waals surface area contributed by atoms with E-state index in [1.807, 2.05) is 12.1 Å². The average molecular weight is 166 g/mol. The summed E-state index contributed by atoms with van der Waals surface area (Å²) in [7, 11) is 0. The minimum Gasteiger partial charge on any atom is -0.399 e. The van der Waals surface area contributed by atoms with E-state index < -0.39 is 6.10 Å². The normalized spacial score (nSPS) is 15.6. The van der Waals surface area contributed by atoms with E-state index in [4.69, 9.17) is 11.5 Å². The summed E-state index contributed by atoms with van der Waals surface area (Å²) in [5, 5.41) is 9.19. The Hall–Kier alpha value is -1.06. The number of hydrogen-bond donors (Lipinski definition) is 3. The fraction of sp³-hybridized carbons (Fsp3) is 0.333. The first-order valence-electron chi connectivity index (χ1n) is 3.90. The second-order valence-electron chi connectivity index (χ2n) is 2.93. The molecule has 3 heteroatoms. The van der Waals surface area contributed by atoms with Gasteiger partial charge in [0, 0.05) is 5.69 Å².